The summed E-state index contributed by atoms with van der Waals surface area (Å²) < 4.78 is 18.3. The molecule has 21 heavy (non-hydrogen) atoms. The summed E-state index contributed by atoms with van der Waals surface area (Å²) in [5, 5.41) is 3.04. The number of nitrogens with one attached hydrogen (secondary N) is 1. The number of benzene rings is 1. The molecule has 0 radical (unpaired) electrons. The SMILES string of the molecule is CC1CCN(C(=O)NCCOc2ccc(F)cc2Cl)CC1. The summed E-state index contributed by atoms with van der Waals surface area (Å²) in [6.07, 6.45) is 2.10. The lowest BCUT2D eigenvalue weighted by Crippen LogP contribution is -2.45. The van der Waals surface area contributed by atoms with Crippen LogP contribution in [0, 0.1) is 11.7 Å². The molecular weight excluding hydrogens is 295 g/mol. The highest BCUT2D eigenvalue weighted by Crippen LogP contribution is 2.24. The van der Waals surface area contributed by atoms with Crippen molar-refractivity contribution in [2.24, 2.45) is 5.92 Å². The van der Waals surface area contributed by atoms with Gasteiger partial charge < -0.3 is 15.0 Å². The Balaban J connectivity index is 1.68. The molecule has 1 N–H and O–H groups in total. The molecule has 0 unspecified atom stereocenters. The van der Waals surface area contributed by atoms with Crippen molar-refractivity contribution in [1.29, 1.82) is 0 Å². The van der Waals surface area contributed by atoms with E-state index < -0.39 is 5.82 Å². The number of carbonyl (C=O) groups excluding carboxylic acids is 1. The van der Waals surface area contributed by atoms with Gasteiger partial charge in [0.15, 0.2) is 0 Å². The van der Waals surface area contributed by atoms with E-state index in [1.807, 2.05) is 4.90 Å². The summed E-state index contributed by atoms with van der Waals surface area (Å²) >= 11 is 5.85. The topological polar surface area (TPSA) is 41.6 Å². The van der Waals surface area contributed by atoms with Crippen LogP contribution in [0.1, 0.15) is 19.8 Å². The molecule has 116 valence electrons. The summed E-state index contributed by atoms with van der Waals surface area (Å²) in [4.78, 5) is 13.7. The second-order valence-electron chi connectivity index (χ2n) is 5.32. The zero-order valence-corrected chi connectivity index (χ0v) is 12.8. The van der Waals surface area contributed by atoms with Crippen LogP contribution in [0.25, 0.3) is 0 Å². The van der Waals surface area contributed by atoms with E-state index in [1.165, 1.54) is 18.2 Å². The van der Waals surface area contributed by atoms with Gasteiger partial charge in [-0.15, -0.1) is 0 Å². The van der Waals surface area contributed by atoms with E-state index >= 15 is 0 Å². The average molecular weight is 315 g/mol. The second-order valence-corrected chi connectivity index (χ2v) is 5.73. The number of hydrogen-bond donors (Lipinski definition) is 1. The standard InChI is InChI=1S/C15H20ClFN2O2/c1-11-4-7-19(8-5-11)15(20)18-6-9-21-14-3-2-12(17)10-13(14)16/h2-3,10-11H,4-9H2,1H3,(H,18,20). The van der Waals surface area contributed by atoms with Gasteiger partial charge >= 0.3 is 6.03 Å². The van der Waals surface area contributed by atoms with Gasteiger partial charge in [0.25, 0.3) is 0 Å². The molecule has 1 heterocycles. The number of hydrogen-bond acceptors (Lipinski definition) is 2. The predicted octanol–water partition coefficient (Wildman–Crippen LogP) is 3.30. The highest BCUT2D eigenvalue weighted by molar-refractivity contribution is 6.32. The zero-order chi connectivity index (χ0) is 15.2. The van der Waals surface area contributed by atoms with Gasteiger partial charge in [0, 0.05) is 13.1 Å². The van der Waals surface area contributed by atoms with E-state index in [1.54, 1.807) is 0 Å². The Morgan fingerprint density at radius 1 is 1.48 bits per heavy atom. The van der Waals surface area contributed by atoms with Crippen LogP contribution < -0.4 is 10.1 Å². The molecule has 0 atom stereocenters. The van der Waals surface area contributed by atoms with Gasteiger partial charge in [-0.25, -0.2) is 9.18 Å². The van der Waals surface area contributed by atoms with E-state index in [2.05, 4.69) is 12.2 Å². The van der Waals surface area contributed by atoms with Crippen LogP contribution in [0.2, 0.25) is 5.02 Å². The van der Waals surface area contributed by atoms with Crippen molar-refractivity contribution in [3.63, 3.8) is 0 Å². The van der Waals surface area contributed by atoms with Gasteiger partial charge in [-0.3, -0.25) is 0 Å². The van der Waals surface area contributed by atoms with E-state index in [0.29, 0.717) is 24.8 Å². The minimum Gasteiger partial charge on any atom is -0.490 e. The van der Waals surface area contributed by atoms with Crippen molar-refractivity contribution in [2.45, 2.75) is 19.8 Å². The third kappa shape index (κ3) is 4.77. The fraction of sp³-hybridized carbons (Fsp3) is 0.533. The highest BCUT2D eigenvalue weighted by atomic mass is 35.5. The van der Waals surface area contributed by atoms with Gasteiger partial charge in [-0.1, -0.05) is 18.5 Å². The maximum absolute atomic E-state index is 12.9. The van der Waals surface area contributed by atoms with Gasteiger partial charge in [-0.05, 0) is 37.0 Å². The molecule has 2 rings (SSSR count). The number of halogens is 2. The van der Waals surface area contributed by atoms with E-state index in [4.69, 9.17) is 16.3 Å². The lowest BCUT2D eigenvalue weighted by Gasteiger charge is -2.30. The summed E-state index contributed by atoms with van der Waals surface area (Å²) in [6.45, 7) is 4.49. The maximum atomic E-state index is 12.9. The summed E-state index contributed by atoms with van der Waals surface area (Å²) in [5.74, 6) is 0.706. The third-order valence-corrected chi connectivity index (χ3v) is 3.90. The number of amides is 2. The molecule has 0 aromatic heterocycles. The molecule has 1 saturated heterocycles. The predicted molar refractivity (Wildman–Crippen MR) is 80.3 cm³/mol. The fourth-order valence-corrected chi connectivity index (χ4v) is 2.46. The van der Waals surface area contributed by atoms with Crippen LogP contribution in [0.15, 0.2) is 18.2 Å². The van der Waals surface area contributed by atoms with E-state index in [9.17, 15) is 9.18 Å². The summed E-state index contributed by atoms with van der Waals surface area (Å²) in [6, 6.07) is 3.90. The number of piperidine rings is 1. The van der Waals surface area contributed by atoms with Crippen molar-refractivity contribution in [3.05, 3.63) is 29.0 Å². The van der Waals surface area contributed by atoms with Crippen molar-refractivity contribution >= 4 is 17.6 Å². The Hall–Kier alpha value is -1.49. The first kappa shape index (κ1) is 15.9. The van der Waals surface area contributed by atoms with Crippen LogP contribution in [0.5, 0.6) is 5.75 Å². The molecule has 1 aliphatic rings. The van der Waals surface area contributed by atoms with Crippen molar-refractivity contribution < 1.29 is 13.9 Å². The molecule has 1 aliphatic heterocycles. The maximum Gasteiger partial charge on any atom is 0.317 e. The largest absolute Gasteiger partial charge is 0.490 e. The second kappa shape index (κ2) is 7.50. The Morgan fingerprint density at radius 3 is 2.86 bits per heavy atom. The number of nitrogens with zero attached hydrogens (tertiary/aromatic N) is 1. The quantitative estimate of drug-likeness (QED) is 0.866. The molecule has 2 amide bonds. The van der Waals surface area contributed by atoms with Crippen LogP contribution in [-0.4, -0.2) is 37.2 Å². The molecule has 1 aromatic rings. The van der Waals surface area contributed by atoms with E-state index in [0.717, 1.165) is 25.9 Å². The zero-order valence-electron chi connectivity index (χ0n) is 12.1. The van der Waals surface area contributed by atoms with Crippen LogP contribution in [0.3, 0.4) is 0 Å². The number of urea groups is 1. The lowest BCUT2D eigenvalue weighted by atomic mass is 10.00. The molecule has 0 bridgehead atoms. The van der Waals surface area contributed by atoms with Crippen LogP contribution >= 0.6 is 11.6 Å². The summed E-state index contributed by atoms with van der Waals surface area (Å²) in [7, 11) is 0. The number of likely N-dealkylation sites (tertiary alicyclic amines) is 1. The molecule has 1 fully saturated rings. The van der Waals surface area contributed by atoms with Crippen LogP contribution in [-0.2, 0) is 0 Å². The molecule has 4 nitrogen and oxygen atoms in total. The third-order valence-electron chi connectivity index (χ3n) is 3.60. The molecule has 0 aliphatic carbocycles. The monoisotopic (exact) mass is 314 g/mol. The van der Waals surface area contributed by atoms with Crippen molar-refractivity contribution in [2.75, 3.05) is 26.2 Å². The first-order valence-corrected chi connectivity index (χ1v) is 7.54. The van der Waals surface area contributed by atoms with Crippen molar-refractivity contribution in [3.8, 4) is 5.75 Å². The normalized spacial score (nSPS) is 15.9. The minimum absolute atomic E-state index is 0.0595. The Labute approximate surface area is 129 Å². The van der Waals surface area contributed by atoms with Gasteiger partial charge in [0.05, 0.1) is 11.6 Å². The fourth-order valence-electron chi connectivity index (χ4n) is 2.23. The Kier molecular flexibility index (Phi) is 5.67. The van der Waals surface area contributed by atoms with Gasteiger partial charge in [0.2, 0.25) is 0 Å². The minimum atomic E-state index is -0.403. The number of ether oxygens (including phenoxy) is 1. The first-order valence-electron chi connectivity index (χ1n) is 7.17. The van der Waals surface area contributed by atoms with Gasteiger partial charge in [-0.2, -0.15) is 0 Å². The highest BCUT2D eigenvalue weighted by Gasteiger charge is 2.19. The molecular formula is C15H20ClFN2O2. The molecule has 1 aromatic carbocycles. The van der Waals surface area contributed by atoms with Gasteiger partial charge in [0.1, 0.15) is 18.2 Å². The van der Waals surface area contributed by atoms with E-state index in [-0.39, 0.29) is 11.1 Å². The first-order chi connectivity index (χ1) is 10.1. The Bertz CT molecular complexity index is 491. The number of rotatable bonds is 4. The Morgan fingerprint density at radius 2 is 2.19 bits per heavy atom. The lowest BCUT2D eigenvalue weighted by molar-refractivity contribution is 0.172. The smallest absolute Gasteiger partial charge is 0.317 e. The average Bonchev–Trinajstić information content (AvgIpc) is 2.46. The van der Waals surface area contributed by atoms with Crippen LogP contribution in [0.4, 0.5) is 9.18 Å². The molecule has 0 saturated carbocycles. The number of carbonyl (C=O) groups is 1. The summed E-state index contributed by atoms with van der Waals surface area (Å²) in [5.41, 5.74) is 0. The van der Waals surface area contributed by atoms with Crippen molar-refractivity contribution in [1.82, 2.24) is 10.2 Å². The molecule has 0 spiro atoms. The molecule has 6 heteroatoms.